The number of benzene rings is 3. The maximum atomic E-state index is 14.1. The number of carbonyl (C=O) groups is 2. The lowest BCUT2D eigenvalue weighted by Crippen LogP contribution is -2.51. The molecule has 2 aliphatic rings. The van der Waals surface area contributed by atoms with E-state index in [0.29, 0.717) is 193 Å². The molecule has 5 N–H and O–H groups in total. The monoisotopic (exact) mass is 1240 g/mol. The molecule has 0 atom stereocenters. The first kappa shape index (κ1) is 72.0. The first-order valence-corrected chi connectivity index (χ1v) is 31.9. The van der Waals surface area contributed by atoms with Gasteiger partial charge in [-0.15, -0.1) is 0 Å². The number of unbranched alkanes of at least 4 members (excludes halogenated alkanes) is 1. The molecule has 1 fully saturated rings. The van der Waals surface area contributed by atoms with Crippen LogP contribution in [-0.2, 0) is 73.4 Å². The SMILES string of the molecule is CCCN(CCC)C(=O)C1=Cc2c(CCCCN=C(CCCOCCOCCOCCOCCOCCOCCOCCOCCOCCOCCC(=O)O)Nc3cccc(C#N)c3)cc(-c3cccc(S(=O)(=O)N4CC(CO)C4)c3)cc2N=C(N)C1. The molecule has 5 rings (SSSR count). The summed E-state index contributed by atoms with van der Waals surface area (Å²) in [5.74, 6) is 0.0784. The highest BCUT2D eigenvalue weighted by Crippen LogP contribution is 2.37. The number of anilines is 1. The molecule has 0 saturated carbocycles. The maximum absolute atomic E-state index is 14.1. The quantitative estimate of drug-likeness (QED) is 0.0266. The number of nitrogens with one attached hydrogen (secondary N) is 1. The average molecular weight is 1240 g/mol. The number of rotatable bonds is 49. The van der Waals surface area contributed by atoms with Gasteiger partial charge in [0.05, 0.1) is 154 Å². The van der Waals surface area contributed by atoms with Crippen LogP contribution < -0.4 is 11.1 Å². The zero-order valence-electron chi connectivity index (χ0n) is 51.0. The number of hydrogen-bond acceptors (Lipinski definition) is 19. The number of amidine groups is 2. The van der Waals surface area contributed by atoms with Crippen molar-refractivity contribution in [1.82, 2.24) is 9.21 Å². The highest BCUT2D eigenvalue weighted by atomic mass is 32.2. The van der Waals surface area contributed by atoms with Gasteiger partial charge in [-0.2, -0.15) is 9.57 Å². The number of ether oxygens (including phenoxy) is 10. The number of carboxylic acids is 1. The van der Waals surface area contributed by atoms with Gasteiger partial charge >= 0.3 is 5.97 Å². The van der Waals surface area contributed by atoms with Gasteiger partial charge in [-0.05, 0) is 97.7 Å². The van der Waals surface area contributed by atoms with Crippen molar-refractivity contribution in [3.63, 3.8) is 0 Å². The van der Waals surface area contributed by atoms with Gasteiger partial charge in [0, 0.05) is 81.5 Å². The number of amides is 1. The van der Waals surface area contributed by atoms with E-state index < -0.39 is 16.0 Å². The molecule has 0 spiro atoms. The van der Waals surface area contributed by atoms with Crippen molar-refractivity contribution in [2.75, 3.05) is 177 Å². The van der Waals surface area contributed by atoms with Crippen molar-refractivity contribution in [1.29, 1.82) is 5.26 Å². The van der Waals surface area contributed by atoms with Crippen molar-refractivity contribution in [3.05, 3.63) is 82.9 Å². The van der Waals surface area contributed by atoms with Crippen LogP contribution in [-0.4, -0.2) is 223 Å². The van der Waals surface area contributed by atoms with Crippen LogP contribution in [0.1, 0.15) is 81.9 Å². The summed E-state index contributed by atoms with van der Waals surface area (Å²) >= 11 is 0. The smallest absolute Gasteiger partial charge is 0.305 e. The summed E-state index contributed by atoms with van der Waals surface area (Å²) in [5, 5.41) is 31.1. The summed E-state index contributed by atoms with van der Waals surface area (Å²) in [6, 6.07) is 20.4. The minimum atomic E-state index is -3.77. The van der Waals surface area contributed by atoms with E-state index in [1.165, 1.54) is 4.31 Å². The number of aliphatic carboxylic acids is 1. The standard InChI is InChI=1S/C63H93N7O16S/c1-3-18-69(19-4-2)63(74)55-43-58-53(41-54(44-59(58)68-60(65)45-55)52-12-8-14-57(42-52)87(75,76)70-47-51(48-70)49-71)11-5-6-17-66-61(67-56-13-7-10-50(40-56)46-64)15-9-20-77-22-24-79-26-28-81-30-32-83-34-36-85-38-39-86-37-35-84-33-31-82-29-27-80-25-23-78-21-16-62(72)73/h7-8,10,12-14,40-44,51,71H,3-6,9,11,15-39,45,47-49H2,1-2H3,(H2,65,68)(H,66,67)(H,72,73). The van der Waals surface area contributed by atoms with Gasteiger partial charge in [0.25, 0.3) is 0 Å². The Balaban J connectivity index is 0.992. The van der Waals surface area contributed by atoms with E-state index in [1.54, 1.807) is 30.3 Å². The van der Waals surface area contributed by atoms with Crippen molar-refractivity contribution in [3.8, 4) is 17.2 Å². The van der Waals surface area contributed by atoms with Gasteiger partial charge in [-0.3, -0.25) is 14.6 Å². The number of aliphatic imine (C=N–C) groups is 2. The average Bonchev–Trinajstić information content (AvgIpc) is 1.70. The molecule has 3 aromatic rings. The third kappa shape index (κ3) is 28.1. The Kier molecular flexibility index (Phi) is 35.6. The largest absolute Gasteiger partial charge is 0.481 e. The van der Waals surface area contributed by atoms with Gasteiger partial charge in [0.1, 0.15) is 11.7 Å². The number of aliphatic hydroxyl groups excluding tert-OH is 1. The van der Waals surface area contributed by atoms with E-state index in [-0.39, 0.29) is 55.9 Å². The number of carboxylic acid groups (broad SMARTS) is 1. The number of sulfonamides is 1. The Bertz CT molecular complexity index is 2730. The van der Waals surface area contributed by atoms with Gasteiger partial charge in [-0.25, -0.2) is 13.4 Å². The van der Waals surface area contributed by atoms with E-state index in [1.807, 2.05) is 35.2 Å². The molecule has 87 heavy (non-hydrogen) atoms. The first-order chi connectivity index (χ1) is 42.4. The summed E-state index contributed by atoms with van der Waals surface area (Å²) in [4.78, 5) is 36.4. The molecule has 0 bridgehead atoms. The molecule has 2 aliphatic heterocycles. The van der Waals surface area contributed by atoms with Crippen molar-refractivity contribution in [2.24, 2.45) is 21.6 Å². The van der Waals surface area contributed by atoms with Crippen LogP contribution >= 0.6 is 0 Å². The Morgan fingerprint density at radius 2 is 1.24 bits per heavy atom. The lowest BCUT2D eigenvalue weighted by atomic mass is 9.93. The summed E-state index contributed by atoms with van der Waals surface area (Å²) in [7, 11) is -3.77. The van der Waals surface area contributed by atoms with Crippen molar-refractivity contribution < 1.29 is 75.6 Å². The number of fused-ring (bicyclic) bond motifs is 1. The second-order valence-electron chi connectivity index (χ2n) is 20.7. The number of nitriles is 1. The minimum absolute atomic E-state index is 0.0192. The number of nitrogens with two attached hydrogens (primary N) is 1. The van der Waals surface area contributed by atoms with Crippen LogP contribution in [0.4, 0.5) is 11.4 Å². The molecule has 2 heterocycles. The summed E-state index contributed by atoms with van der Waals surface area (Å²) in [5.41, 5.74) is 12.3. The molecular formula is C63H93N7O16S. The highest BCUT2D eigenvalue weighted by Gasteiger charge is 2.36. The van der Waals surface area contributed by atoms with E-state index in [0.717, 1.165) is 53.9 Å². The molecule has 482 valence electrons. The second kappa shape index (κ2) is 43.0. The molecule has 1 amide bonds. The maximum Gasteiger partial charge on any atom is 0.305 e. The fourth-order valence-corrected chi connectivity index (χ4v) is 10.8. The number of aliphatic hydroxyl groups is 1. The number of hydrogen-bond donors (Lipinski definition) is 4. The van der Waals surface area contributed by atoms with E-state index in [2.05, 4.69) is 31.3 Å². The van der Waals surface area contributed by atoms with E-state index >= 15 is 0 Å². The van der Waals surface area contributed by atoms with Crippen LogP contribution in [0, 0.1) is 17.2 Å². The Hall–Kier alpha value is -5.76. The van der Waals surface area contributed by atoms with Crippen LogP contribution in [0.2, 0.25) is 0 Å². The van der Waals surface area contributed by atoms with E-state index in [9.17, 15) is 28.4 Å². The minimum Gasteiger partial charge on any atom is -0.481 e. The second-order valence-corrected chi connectivity index (χ2v) is 22.6. The first-order valence-electron chi connectivity index (χ1n) is 30.5. The number of aryl methyl sites for hydroxylation is 1. The Morgan fingerprint density at radius 3 is 1.77 bits per heavy atom. The van der Waals surface area contributed by atoms with Gasteiger partial charge in [0.2, 0.25) is 15.9 Å². The van der Waals surface area contributed by atoms with Crippen LogP contribution in [0.15, 0.2) is 81.1 Å². The molecule has 23 nitrogen and oxygen atoms in total. The van der Waals surface area contributed by atoms with Crippen molar-refractivity contribution >= 4 is 51.0 Å². The summed E-state index contributed by atoms with van der Waals surface area (Å²) in [6.45, 7) is 14.8. The molecule has 0 radical (unpaired) electrons. The summed E-state index contributed by atoms with van der Waals surface area (Å²) in [6.07, 6.45) is 7.19. The zero-order valence-corrected chi connectivity index (χ0v) is 51.8. The molecule has 0 aliphatic carbocycles. The lowest BCUT2D eigenvalue weighted by Gasteiger charge is -2.36. The number of carbonyl (C=O) groups excluding carboxylic acids is 1. The summed E-state index contributed by atoms with van der Waals surface area (Å²) < 4.78 is 83.9. The third-order valence-corrected chi connectivity index (χ3v) is 15.5. The van der Waals surface area contributed by atoms with Gasteiger partial charge in [0.15, 0.2) is 0 Å². The zero-order chi connectivity index (χ0) is 62.2. The molecule has 0 unspecified atom stereocenters. The number of nitrogens with zero attached hydrogens (tertiary/aromatic N) is 5. The lowest BCUT2D eigenvalue weighted by molar-refractivity contribution is -0.138. The molecule has 24 heteroatoms. The van der Waals surface area contributed by atoms with Gasteiger partial charge < -0.3 is 73.5 Å². The fourth-order valence-electron chi connectivity index (χ4n) is 9.20. The molecule has 1 saturated heterocycles. The van der Waals surface area contributed by atoms with Crippen LogP contribution in [0.3, 0.4) is 0 Å². The molecule has 0 aromatic heterocycles. The fraction of sp³-hybridized carbons (Fsp3) is 0.603. The van der Waals surface area contributed by atoms with Crippen LogP contribution in [0.5, 0.6) is 0 Å². The molecular weight excluding hydrogens is 1140 g/mol. The predicted octanol–water partition coefficient (Wildman–Crippen LogP) is 6.52. The highest BCUT2D eigenvalue weighted by molar-refractivity contribution is 7.89. The topological polar surface area (TPSA) is 294 Å². The third-order valence-electron chi connectivity index (χ3n) is 13.7. The van der Waals surface area contributed by atoms with Crippen LogP contribution in [0.25, 0.3) is 17.2 Å². The Morgan fingerprint density at radius 1 is 0.701 bits per heavy atom. The predicted molar refractivity (Wildman–Crippen MR) is 332 cm³/mol. The van der Waals surface area contributed by atoms with E-state index in [4.69, 9.17) is 68.2 Å². The normalized spacial score (nSPS) is 13.8. The van der Waals surface area contributed by atoms with Gasteiger partial charge in [-0.1, -0.05) is 38.1 Å². The van der Waals surface area contributed by atoms with Crippen molar-refractivity contribution in [2.45, 2.75) is 76.5 Å². The molecule has 3 aromatic carbocycles. The Labute approximate surface area is 514 Å².